The number of hydrogen-bond donors (Lipinski definition) is 0. The minimum Gasteiger partial charge on any atom is -0.325 e. The Morgan fingerprint density at radius 2 is 1.50 bits per heavy atom. The first-order chi connectivity index (χ1) is 12.6. The number of nitrogens with zero attached hydrogens (tertiary/aromatic N) is 2. The summed E-state index contributed by atoms with van der Waals surface area (Å²) >= 11 is 0. The molecule has 1 heterocycles. The average Bonchev–Trinajstić information content (AvgIpc) is 2.67. The van der Waals surface area contributed by atoms with E-state index in [1.54, 1.807) is 0 Å². The van der Waals surface area contributed by atoms with Crippen molar-refractivity contribution >= 4 is 6.03 Å². The van der Waals surface area contributed by atoms with E-state index in [4.69, 9.17) is 0 Å². The van der Waals surface area contributed by atoms with Crippen LogP contribution in [0.3, 0.4) is 0 Å². The minimum absolute atomic E-state index is 0.182. The Morgan fingerprint density at radius 1 is 0.962 bits per heavy atom. The molecular formula is C23H30N2O. The number of urea groups is 1. The van der Waals surface area contributed by atoms with Gasteiger partial charge >= 0.3 is 6.03 Å². The van der Waals surface area contributed by atoms with E-state index in [-0.39, 0.29) is 12.1 Å². The van der Waals surface area contributed by atoms with E-state index in [0.717, 1.165) is 32.4 Å². The molecule has 0 aliphatic carbocycles. The molecule has 138 valence electrons. The van der Waals surface area contributed by atoms with Crippen LogP contribution in [0.5, 0.6) is 0 Å². The molecule has 2 amide bonds. The van der Waals surface area contributed by atoms with Crippen molar-refractivity contribution in [2.75, 3.05) is 13.1 Å². The maximum absolute atomic E-state index is 13.1. The van der Waals surface area contributed by atoms with Gasteiger partial charge in [-0.05, 0) is 50.2 Å². The molecule has 0 spiro atoms. The second-order valence-electron chi connectivity index (χ2n) is 7.61. The third-order valence-corrected chi connectivity index (χ3v) is 5.32. The Morgan fingerprint density at radius 3 is 2.04 bits per heavy atom. The van der Waals surface area contributed by atoms with Crippen LogP contribution in [0.15, 0.2) is 60.7 Å². The Labute approximate surface area is 157 Å². The summed E-state index contributed by atoms with van der Waals surface area (Å²) in [7, 11) is 0. The van der Waals surface area contributed by atoms with E-state index in [1.165, 1.54) is 11.1 Å². The van der Waals surface area contributed by atoms with Crippen molar-refractivity contribution in [3.05, 3.63) is 71.8 Å². The SMILES string of the molecule is CC(C)N(Cc1ccccc1)C(=O)N1CCC(Cc2ccccc2)CC1. The molecule has 2 aromatic carbocycles. The quantitative estimate of drug-likeness (QED) is 0.746. The molecule has 1 aliphatic heterocycles. The summed E-state index contributed by atoms with van der Waals surface area (Å²) in [5, 5.41) is 0. The monoisotopic (exact) mass is 350 g/mol. The molecule has 0 radical (unpaired) electrons. The molecule has 0 bridgehead atoms. The van der Waals surface area contributed by atoms with Crippen molar-refractivity contribution in [1.29, 1.82) is 0 Å². The Balaban J connectivity index is 1.55. The fourth-order valence-corrected chi connectivity index (χ4v) is 3.71. The Kier molecular flexibility index (Phi) is 6.32. The van der Waals surface area contributed by atoms with E-state index in [1.807, 2.05) is 28.0 Å². The lowest BCUT2D eigenvalue weighted by atomic mass is 9.90. The zero-order valence-electron chi connectivity index (χ0n) is 16.0. The van der Waals surface area contributed by atoms with Gasteiger partial charge in [0.25, 0.3) is 0 Å². The summed E-state index contributed by atoms with van der Waals surface area (Å²) < 4.78 is 0. The van der Waals surface area contributed by atoms with E-state index >= 15 is 0 Å². The molecule has 2 aromatic rings. The third-order valence-electron chi connectivity index (χ3n) is 5.32. The molecule has 0 aromatic heterocycles. The fraction of sp³-hybridized carbons (Fsp3) is 0.435. The average molecular weight is 351 g/mol. The number of benzene rings is 2. The molecule has 1 aliphatic rings. The lowest BCUT2D eigenvalue weighted by molar-refractivity contribution is 0.119. The van der Waals surface area contributed by atoms with Gasteiger partial charge in [0.1, 0.15) is 0 Å². The highest BCUT2D eigenvalue weighted by Crippen LogP contribution is 2.23. The van der Waals surface area contributed by atoms with Gasteiger partial charge in [0.15, 0.2) is 0 Å². The summed E-state index contributed by atoms with van der Waals surface area (Å²) in [5.41, 5.74) is 2.60. The lowest BCUT2D eigenvalue weighted by Gasteiger charge is -2.37. The van der Waals surface area contributed by atoms with Crippen LogP contribution in [0, 0.1) is 5.92 Å². The third kappa shape index (κ3) is 4.87. The number of carbonyl (C=O) groups excluding carboxylic acids is 1. The van der Waals surface area contributed by atoms with Gasteiger partial charge in [0.05, 0.1) is 0 Å². The van der Waals surface area contributed by atoms with Gasteiger partial charge in [-0.2, -0.15) is 0 Å². The fourth-order valence-electron chi connectivity index (χ4n) is 3.71. The van der Waals surface area contributed by atoms with Crippen molar-refractivity contribution in [2.45, 2.75) is 45.7 Å². The van der Waals surface area contributed by atoms with Crippen LogP contribution >= 0.6 is 0 Å². The van der Waals surface area contributed by atoms with Crippen LogP contribution in [0.25, 0.3) is 0 Å². The first-order valence-corrected chi connectivity index (χ1v) is 9.77. The lowest BCUT2D eigenvalue weighted by Crippen LogP contribution is -2.48. The second kappa shape index (κ2) is 8.88. The summed E-state index contributed by atoms with van der Waals surface area (Å²) in [6, 6.07) is 21.4. The number of amides is 2. The zero-order chi connectivity index (χ0) is 18.4. The molecular weight excluding hydrogens is 320 g/mol. The predicted octanol–water partition coefficient (Wildman–Crippen LogP) is 4.97. The van der Waals surface area contributed by atoms with E-state index in [2.05, 4.69) is 56.3 Å². The van der Waals surface area contributed by atoms with Crippen LogP contribution in [-0.4, -0.2) is 35.0 Å². The van der Waals surface area contributed by atoms with Crippen molar-refractivity contribution in [3.63, 3.8) is 0 Å². The maximum atomic E-state index is 13.1. The number of hydrogen-bond acceptors (Lipinski definition) is 1. The molecule has 3 heteroatoms. The van der Waals surface area contributed by atoms with Crippen molar-refractivity contribution in [1.82, 2.24) is 9.80 Å². The number of carbonyl (C=O) groups is 1. The number of rotatable bonds is 5. The largest absolute Gasteiger partial charge is 0.325 e. The molecule has 0 saturated carbocycles. The van der Waals surface area contributed by atoms with Gasteiger partial charge in [0.2, 0.25) is 0 Å². The van der Waals surface area contributed by atoms with Crippen molar-refractivity contribution in [2.24, 2.45) is 5.92 Å². The first-order valence-electron chi connectivity index (χ1n) is 9.77. The van der Waals surface area contributed by atoms with Gasteiger partial charge in [-0.15, -0.1) is 0 Å². The van der Waals surface area contributed by atoms with Crippen molar-refractivity contribution < 1.29 is 4.79 Å². The normalized spacial score (nSPS) is 15.3. The summed E-state index contributed by atoms with van der Waals surface area (Å²) in [5.74, 6) is 0.683. The van der Waals surface area contributed by atoms with E-state index in [9.17, 15) is 4.79 Å². The smallest absolute Gasteiger partial charge is 0.320 e. The molecule has 3 rings (SSSR count). The van der Waals surface area contributed by atoms with Crippen LogP contribution < -0.4 is 0 Å². The second-order valence-corrected chi connectivity index (χ2v) is 7.61. The van der Waals surface area contributed by atoms with Crippen LogP contribution in [0.1, 0.15) is 37.8 Å². The summed E-state index contributed by atoms with van der Waals surface area (Å²) in [6.07, 6.45) is 3.32. The molecule has 1 saturated heterocycles. The van der Waals surface area contributed by atoms with Gasteiger partial charge in [0, 0.05) is 25.7 Å². The zero-order valence-corrected chi connectivity index (χ0v) is 16.0. The molecule has 0 N–H and O–H groups in total. The standard InChI is InChI=1S/C23H30N2O/c1-19(2)25(18-22-11-7-4-8-12-22)23(26)24-15-13-21(14-16-24)17-20-9-5-3-6-10-20/h3-12,19,21H,13-18H2,1-2H3. The summed E-state index contributed by atoms with van der Waals surface area (Å²) in [6.45, 7) is 6.62. The van der Waals surface area contributed by atoms with Crippen molar-refractivity contribution in [3.8, 4) is 0 Å². The van der Waals surface area contributed by atoms with Gasteiger partial charge in [-0.25, -0.2) is 4.79 Å². The van der Waals surface area contributed by atoms with Gasteiger partial charge < -0.3 is 9.80 Å². The Hall–Kier alpha value is -2.29. The van der Waals surface area contributed by atoms with Gasteiger partial charge in [-0.3, -0.25) is 0 Å². The molecule has 0 atom stereocenters. The number of likely N-dealkylation sites (tertiary alicyclic amines) is 1. The first kappa shape index (κ1) is 18.5. The molecule has 26 heavy (non-hydrogen) atoms. The highest BCUT2D eigenvalue weighted by atomic mass is 16.2. The summed E-state index contributed by atoms with van der Waals surface area (Å²) in [4.78, 5) is 17.1. The molecule has 0 unspecified atom stereocenters. The number of piperidine rings is 1. The highest BCUT2D eigenvalue weighted by molar-refractivity contribution is 5.75. The van der Waals surface area contributed by atoms with Gasteiger partial charge in [-0.1, -0.05) is 60.7 Å². The van der Waals surface area contributed by atoms with E-state index < -0.39 is 0 Å². The van der Waals surface area contributed by atoms with E-state index in [0.29, 0.717) is 12.5 Å². The highest BCUT2D eigenvalue weighted by Gasteiger charge is 2.27. The molecule has 3 nitrogen and oxygen atoms in total. The predicted molar refractivity (Wildman–Crippen MR) is 107 cm³/mol. The Bertz CT molecular complexity index is 676. The van der Waals surface area contributed by atoms with Crippen LogP contribution in [-0.2, 0) is 13.0 Å². The minimum atomic E-state index is 0.182. The maximum Gasteiger partial charge on any atom is 0.320 e. The van der Waals surface area contributed by atoms with Crippen LogP contribution in [0.2, 0.25) is 0 Å². The van der Waals surface area contributed by atoms with Crippen LogP contribution in [0.4, 0.5) is 4.79 Å². The molecule has 1 fully saturated rings. The topological polar surface area (TPSA) is 23.6 Å².